The Morgan fingerprint density at radius 2 is 2.11 bits per heavy atom. The molecule has 1 aromatic carbocycles. The molecule has 1 aliphatic rings. The van der Waals surface area contributed by atoms with Crippen LogP contribution in [0.15, 0.2) is 30.3 Å². The van der Waals surface area contributed by atoms with E-state index in [9.17, 15) is 0 Å². The Hall–Kier alpha value is -1.95. The molecular weight excluding hydrogens is 230 g/mol. The number of ether oxygens (including phenoxy) is 1. The summed E-state index contributed by atoms with van der Waals surface area (Å²) in [5.41, 5.74) is 1.19. The molecule has 0 unspecified atom stereocenters. The van der Waals surface area contributed by atoms with Gasteiger partial charge in [0.25, 0.3) is 0 Å². The van der Waals surface area contributed by atoms with Gasteiger partial charge in [0, 0.05) is 13.6 Å². The van der Waals surface area contributed by atoms with Crippen molar-refractivity contribution in [3.63, 3.8) is 0 Å². The molecule has 2 heterocycles. The van der Waals surface area contributed by atoms with E-state index in [4.69, 9.17) is 4.74 Å². The number of hydrogen-bond donors (Lipinski definition) is 0. The summed E-state index contributed by atoms with van der Waals surface area (Å²) >= 11 is 0. The van der Waals surface area contributed by atoms with Crippen molar-refractivity contribution in [2.75, 3.05) is 24.6 Å². The van der Waals surface area contributed by atoms with Gasteiger partial charge in [0.2, 0.25) is 5.95 Å². The molecule has 1 atom stereocenters. The Morgan fingerprint density at radius 3 is 2.83 bits per heavy atom. The molecule has 18 heavy (non-hydrogen) atoms. The van der Waals surface area contributed by atoms with Gasteiger partial charge in [-0.3, -0.25) is 0 Å². The van der Waals surface area contributed by atoms with Gasteiger partial charge in [-0.25, -0.2) is 4.68 Å². The summed E-state index contributed by atoms with van der Waals surface area (Å²) in [6.45, 7) is 2.28. The molecule has 1 aliphatic heterocycles. The fourth-order valence-corrected chi connectivity index (χ4v) is 2.19. The lowest BCUT2D eigenvalue weighted by Crippen LogP contribution is -2.39. The van der Waals surface area contributed by atoms with Gasteiger partial charge in [0.1, 0.15) is 6.10 Å². The summed E-state index contributed by atoms with van der Waals surface area (Å²) in [7, 11) is 1.85. The van der Waals surface area contributed by atoms with Gasteiger partial charge in [-0.15, -0.1) is 0 Å². The normalized spacial score (nSPS) is 20.1. The Kier molecular flexibility index (Phi) is 2.93. The van der Waals surface area contributed by atoms with E-state index < -0.39 is 0 Å². The maximum absolute atomic E-state index is 5.81. The van der Waals surface area contributed by atoms with Crippen molar-refractivity contribution in [2.24, 2.45) is 7.05 Å². The summed E-state index contributed by atoms with van der Waals surface area (Å²) in [4.78, 5) is 2.15. The van der Waals surface area contributed by atoms with Crippen LogP contribution < -0.4 is 4.90 Å². The lowest BCUT2D eigenvalue weighted by Gasteiger charge is -2.33. The molecule has 6 heteroatoms. The van der Waals surface area contributed by atoms with Crippen LogP contribution in [0.2, 0.25) is 0 Å². The molecule has 0 bridgehead atoms. The van der Waals surface area contributed by atoms with Crippen molar-refractivity contribution in [1.82, 2.24) is 20.2 Å². The highest BCUT2D eigenvalue weighted by Crippen LogP contribution is 2.24. The van der Waals surface area contributed by atoms with E-state index in [1.54, 1.807) is 4.68 Å². The Balaban J connectivity index is 1.79. The predicted molar refractivity (Wildman–Crippen MR) is 66.1 cm³/mol. The average molecular weight is 245 g/mol. The van der Waals surface area contributed by atoms with Crippen molar-refractivity contribution < 1.29 is 4.74 Å². The number of morpholine rings is 1. The van der Waals surface area contributed by atoms with Crippen molar-refractivity contribution in [1.29, 1.82) is 0 Å². The van der Waals surface area contributed by atoms with E-state index in [-0.39, 0.29) is 6.10 Å². The molecule has 2 aromatic rings. The first-order valence-electron chi connectivity index (χ1n) is 5.98. The van der Waals surface area contributed by atoms with E-state index >= 15 is 0 Å². The van der Waals surface area contributed by atoms with Crippen LogP contribution in [0.25, 0.3) is 0 Å². The molecule has 0 spiro atoms. The first-order chi connectivity index (χ1) is 8.84. The zero-order valence-corrected chi connectivity index (χ0v) is 10.2. The third kappa shape index (κ3) is 2.06. The van der Waals surface area contributed by atoms with Gasteiger partial charge in [0.15, 0.2) is 0 Å². The third-order valence-electron chi connectivity index (χ3n) is 3.12. The first kappa shape index (κ1) is 11.2. The van der Waals surface area contributed by atoms with Gasteiger partial charge in [-0.05, 0) is 16.0 Å². The van der Waals surface area contributed by atoms with E-state index in [1.807, 2.05) is 25.2 Å². The second-order valence-electron chi connectivity index (χ2n) is 4.32. The van der Waals surface area contributed by atoms with Crippen molar-refractivity contribution >= 4 is 5.95 Å². The highest BCUT2D eigenvalue weighted by Gasteiger charge is 2.24. The van der Waals surface area contributed by atoms with Gasteiger partial charge < -0.3 is 9.64 Å². The van der Waals surface area contributed by atoms with Gasteiger partial charge >= 0.3 is 0 Å². The minimum absolute atomic E-state index is 0.0802. The van der Waals surface area contributed by atoms with E-state index in [2.05, 4.69) is 32.6 Å². The topological polar surface area (TPSA) is 56.1 Å². The molecule has 0 saturated carbocycles. The van der Waals surface area contributed by atoms with Crippen LogP contribution in [-0.4, -0.2) is 39.9 Å². The van der Waals surface area contributed by atoms with Crippen LogP contribution in [0.3, 0.4) is 0 Å². The lowest BCUT2D eigenvalue weighted by atomic mass is 10.1. The van der Waals surface area contributed by atoms with Crippen LogP contribution >= 0.6 is 0 Å². The molecular formula is C12H15N5O. The molecule has 0 N–H and O–H groups in total. The van der Waals surface area contributed by atoms with Gasteiger partial charge in [0.05, 0.1) is 13.2 Å². The fourth-order valence-electron chi connectivity index (χ4n) is 2.19. The first-order valence-corrected chi connectivity index (χ1v) is 5.98. The zero-order valence-electron chi connectivity index (χ0n) is 10.2. The smallest absolute Gasteiger partial charge is 0.245 e. The van der Waals surface area contributed by atoms with Crippen molar-refractivity contribution in [2.45, 2.75) is 6.10 Å². The Morgan fingerprint density at radius 1 is 1.28 bits per heavy atom. The SMILES string of the molecule is Cn1nnnc1N1CCO[C@@H](c2ccccc2)C1. The molecule has 3 rings (SSSR count). The maximum atomic E-state index is 5.81. The van der Waals surface area contributed by atoms with Crippen molar-refractivity contribution in [3.8, 4) is 0 Å². The summed E-state index contributed by atoms with van der Waals surface area (Å²) in [6.07, 6.45) is 0.0802. The number of aromatic nitrogens is 4. The third-order valence-corrected chi connectivity index (χ3v) is 3.12. The van der Waals surface area contributed by atoms with Crippen LogP contribution in [0.5, 0.6) is 0 Å². The maximum Gasteiger partial charge on any atom is 0.245 e. The second-order valence-corrected chi connectivity index (χ2v) is 4.32. The number of aryl methyl sites for hydroxylation is 1. The minimum Gasteiger partial charge on any atom is -0.370 e. The summed E-state index contributed by atoms with van der Waals surface area (Å²) in [5, 5.41) is 11.6. The molecule has 0 aliphatic carbocycles. The molecule has 1 fully saturated rings. The molecule has 6 nitrogen and oxygen atoms in total. The quantitative estimate of drug-likeness (QED) is 0.783. The zero-order chi connectivity index (χ0) is 12.4. The monoisotopic (exact) mass is 245 g/mol. The average Bonchev–Trinajstić information content (AvgIpc) is 2.86. The molecule has 1 aromatic heterocycles. The van der Waals surface area contributed by atoms with Crippen LogP contribution in [0, 0.1) is 0 Å². The van der Waals surface area contributed by atoms with Crippen LogP contribution in [-0.2, 0) is 11.8 Å². The molecule has 0 amide bonds. The van der Waals surface area contributed by atoms with Gasteiger partial charge in [-0.2, -0.15) is 0 Å². The van der Waals surface area contributed by atoms with E-state index in [0.717, 1.165) is 19.0 Å². The number of benzene rings is 1. The minimum atomic E-state index is 0.0802. The number of anilines is 1. The predicted octanol–water partition coefficient (Wildman–Crippen LogP) is 0.788. The number of nitrogens with zero attached hydrogens (tertiary/aromatic N) is 5. The van der Waals surface area contributed by atoms with E-state index in [0.29, 0.717) is 6.61 Å². The largest absolute Gasteiger partial charge is 0.370 e. The molecule has 94 valence electrons. The van der Waals surface area contributed by atoms with E-state index in [1.165, 1.54) is 5.56 Å². The fraction of sp³-hybridized carbons (Fsp3) is 0.417. The Bertz CT molecular complexity index is 512. The summed E-state index contributed by atoms with van der Waals surface area (Å²) in [6, 6.07) is 10.2. The molecule has 1 saturated heterocycles. The highest BCUT2D eigenvalue weighted by molar-refractivity contribution is 5.31. The summed E-state index contributed by atoms with van der Waals surface area (Å²) in [5.74, 6) is 0.791. The molecule has 0 radical (unpaired) electrons. The standard InChI is InChI=1S/C12H15N5O/c1-16-12(13-14-15-16)17-7-8-18-11(9-17)10-5-3-2-4-6-10/h2-6,11H,7-9H2,1H3/t11-/m1/s1. The van der Waals surface area contributed by atoms with Crippen LogP contribution in [0.1, 0.15) is 11.7 Å². The lowest BCUT2D eigenvalue weighted by molar-refractivity contribution is 0.0390. The number of tetrazole rings is 1. The highest BCUT2D eigenvalue weighted by atomic mass is 16.5. The second kappa shape index (κ2) is 4.73. The number of hydrogen-bond acceptors (Lipinski definition) is 5. The number of rotatable bonds is 2. The summed E-state index contributed by atoms with van der Waals surface area (Å²) < 4.78 is 7.50. The van der Waals surface area contributed by atoms with Crippen LogP contribution in [0.4, 0.5) is 5.95 Å². The Labute approximate surface area is 105 Å². The van der Waals surface area contributed by atoms with Gasteiger partial charge in [-0.1, -0.05) is 35.4 Å². The van der Waals surface area contributed by atoms with Crippen molar-refractivity contribution in [3.05, 3.63) is 35.9 Å².